The molecule has 0 aromatic heterocycles. The SMILES string of the molecule is Cc1ccccc1C(=O)N(C=O)CC1c2ccccc2CCN1C(=O)C1CCCC1C(=O)O. The van der Waals surface area contributed by atoms with E-state index in [4.69, 9.17) is 0 Å². The van der Waals surface area contributed by atoms with E-state index in [1.807, 2.05) is 43.3 Å². The van der Waals surface area contributed by atoms with Gasteiger partial charge in [-0.25, -0.2) is 0 Å². The van der Waals surface area contributed by atoms with Crippen LogP contribution in [0, 0.1) is 18.8 Å². The number of benzene rings is 2. The van der Waals surface area contributed by atoms with Crippen molar-refractivity contribution in [3.63, 3.8) is 0 Å². The van der Waals surface area contributed by atoms with Crippen LogP contribution in [0.3, 0.4) is 0 Å². The normalized spacial score (nSPS) is 21.8. The maximum absolute atomic E-state index is 13.6. The van der Waals surface area contributed by atoms with Gasteiger partial charge in [-0.15, -0.1) is 0 Å². The van der Waals surface area contributed by atoms with Gasteiger partial charge in [-0.2, -0.15) is 0 Å². The average molecular weight is 449 g/mol. The molecule has 1 aliphatic carbocycles. The molecule has 1 aliphatic heterocycles. The second-order valence-electron chi connectivity index (χ2n) is 8.86. The van der Waals surface area contributed by atoms with Gasteiger partial charge in [-0.3, -0.25) is 24.1 Å². The lowest BCUT2D eigenvalue weighted by molar-refractivity contribution is -0.150. The van der Waals surface area contributed by atoms with Crippen molar-refractivity contribution < 1.29 is 24.3 Å². The molecule has 1 fully saturated rings. The number of amides is 3. The molecule has 1 saturated carbocycles. The Bertz CT molecular complexity index is 1080. The van der Waals surface area contributed by atoms with Gasteiger partial charge in [-0.1, -0.05) is 48.9 Å². The highest BCUT2D eigenvalue weighted by atomic mass is 16.4. The fraction of sp³-hybridized carbons (Fsp3) is 0.385. The van der Waals surface area contributed by atoms with Crippen LogP contribution in [0.5, 0.6) is 0 Å². The smallest absolute Gasteiger partial charge is 0.307 e. The van der Waals surface area contributed by atoms with Gasteiger partial charge in [0.2, 0.25) is 12.3 Å². The topological polar surface area (TPSA) is 95.0 Å². The summed E-state index contributed by atoms with van der Waals surface area (Å²) in [5.74, 6) is -2.82. The number of carboxylic acid groups (broad SMARTS) is 1. The van der Waals surface area contributed by atoms with E-state index in [-0.39, 0.29) is 12.5 Å². The number of rotatable bonds is 6. The summed E-state index contributed by atoms with van der Waals surface area (Å²) in [6, 6.07) is 14.3. The number of aryl methyl sites for hydroxylation is 1. The first-order valence-electron chi connectivity index (χ1n) is 11.4. The molecule has 7 heteroatoms. The van der Waals surface area contributed by atoms with Crippen LogP contribution < -0.4 is 0 Å². The summed E-state index contributed by atoms with van der Waals surface area (Å²) in [5.41, 5.74) is 3.17. The maximum atomic E-state index is 13.6. The zero-order valence-corrected chi connectivity index (χ0v) is 18.6. The van der Waals surface area contributed by atoms with Gasteiger partial charge in [-0.05, 0) is 48.9 Å². The number of fused-ring (bicyclic) bond motifs is 1. The molecule has 2 aromatic carbocycles. The highest BCUT2D eigenvalue weighted by Gasteiger charge is 2.43. The van der Waals surface area contributed by atoms with E-state index in [1.54, 1.807) is 17.0 Å². The molecule has 3 amide bonds. The van der Waals surface area contributed by atoms with Crippen LogP contribution >= 0.6 is 0 Å². The number of carboxylic acids is 1. The molecule has 7 nitrogen and oxygen atoms in total. The zero-order chi connectivity index (χ0) is 23.5. The van der Waals surface area contributed by atoms with E-state index in [0.717, 1.165) is 21.6 Å². The van der Waals surface area contributed by atoms with Crippen LogP contribution in [0.15, 0.2) is 48.5 Å². The molecule has 2 aliphatic rings. The van der Waals surface area contributed by atoms with Crippen molar-refractivity contribution in [3.05, 3.63) is 70.8 Å². The monoisotopic (exact) mass is 448 g/mol. The number of carbonyl (C=O) groups excluding carboxylic acids is 3. The molecule has 172 valence electrons. The highest BCUT2D eigenvalue weighted by molar-refractivity contribution is 6.01. The van der Waals surface area contributed by atoms with Gasteiger partial charge in [0.05, 0.1) is 24.4 Å². The van der Waals surface area contributed by atoms with Gasteiger partial charge in [0.25, 0.3) is 5.91 Å². The molecule has 0 saturated heterocycles. The third-order valence-electron chi connectivity index (χ3n) is 6.98. The molecule has 33 heavy (non-hydrogen) atoms. The number of hydrogen-bond donors (Lipinski definition) is 1. The summed E-state index contributed by atoms with van der Waals surface area (Å²) < 4.78 is 0. The molecule has 0 bridgehead atoms. The van der Waals surface area contributed by atoms with Crippen molar-refractivity contribution in [1.82, 2.24) is 9.80 Å². The van der Waals surface area contributed by atoms with Crippen LogP contribution in [0.2, 0.25) is 0 Å². The van der Waals surface area contributed by atoms with E-state index < -0.39 is 29.8 Å². The minimum Gasteiger partial charge on any atom is -0.481 e. The van der Waals surface area contributed by atoms with Crippen LogP contribution in [0.25, 0.3) is 0 Å². The molecule has 0 spiro atoms. The number of aliphatic carboxylic acids is 1. The average Bonchev–Trinajstić information content (AvgIpc) is 3.32. The molecular formula is C26H28N2O5. The summed E-state index contributed by atoms with van der Waals surface area (Å²) in [7, 11) is 0. The zero-order valence-electron chi connectivity index (χ0n) is 18.6. The third kappa shape index (κ3) is 4.40. The molecular weight excluding hydrogens is 420 g/mol. The molecule has 1 N–H and O–H groups in total. The Morgan fingerprint density at radius 3 is 2.48 bits per heavy atom. The first-order chi connectivity index (χ1) is 15.9. The fourth-order valence-corrected chi connectivity index (χ4v) is 5.20. The Morgan fingerprint density at radius 2 is 1.76 bits per heavy atom. The van der Waals surface area contributed by atoms with E-state index >= 15 is 0 Å². The van der Waals surface area contributed by atoms with Crippen LogP contribution in [-0.4, -0.2) is 52.2 Å². The Hall–Kier alpha value is -3.48. The van der Waals surface area contributed by atoms with Crippen molar-refractivity contribution in [2.75, 3.05) is 13.1 Å². The van der Waals surface area contributed by atoms with E-state index in [0.29, 0.717) is 44.2 Å². The second kappa shape index (κ2) is 9.57. The third-order valence-corrected chi connectivity index (χ3v) is 6.98. The number of hydrogen-bond acceptors (Lipinski definition) is 4. The summed E-state index contributed by atoms with van der Waals surface area (Å²) in [4.78, 5) is 53.3. The van der Waals surface area contributed by atoms with Crippen molar-refractivity contribution >= 4 is 24.2 Å². The maximum Gasteiger partial charge on any atom is 0.307 e. The first-order valence-corrected chi connectivity index (χ1v) is 11.4. The van der Waals surface area contributed by atoms with Crippen molar-refractivity contribution in [3.8, 4) is 0 Å². The molecule has 1 heterocycles. The predicted molar refractivity (Wildman–Crippen MR) is 121 cm³/mol. The van der Waals surface area contributed by atoms with Gasteiger partial charge in [0.15, 0.2) is 0 Å². The van der Waals surface area contributed by atoms with Gasteiger partial charge < -0.3 is 10.0 Å². The van der Waals surface area contributed by atoms with Crippen molar-refractivity contribution in [2.45, 2.75) is 38.6 Å². The lowest BCUT2D eigenvalue weighted by Gasteiger charge is -2.40. The summed E-state index contributed by atoms with van der Waals surface area (Å²) in [5, 5.41) is 9.59. The van der Waals surface area contributed by atoms with Crippen LogP contribution in [-0.2, 0) is 20.8 Å². The highest BCUT2D eigenvalue weighted by Crippen LogP contribution is 2.38. The van der Waals surface area contributed by atoms with Gasteiger partial charge in [0.1, 0.15) is 0 Å². The van der Waals surface area contributed by atoms with Gasteiger partial charge in [0, 0.05) is 12.1 Å². The largest absolute Gasteiger partial charge is 0.481 e. The Morgan fingerprint density at radius 1 is 1.06 bits per heavy atom. The summed E-state index contributed by atoms with van der Waals surface area (Å²) >= 11 is 0. The predicted octanol–water partition coefficient (Wildman–Crippen LogP) is 3.22. The molecule has 4 rings (SSSR count). The molecule has 3 atom stereocenters. The lowest BCUT2D eigenvalue weighted by atomic mass is 9.88. The first kappa shape index (κ1) is 22.7. The van der Waals surface area contributed by atoms with E-state index in [9.17, 15) is 24.3 Å². The summed E-state index contributed by atoms with van der Waals surface area (Å²) in [6.07, 6.45) is 2.90. The Kier molecular flexibility index (Phi) is 6.58. The minimum atomic E-state index is -0.941. The molecule has 3 unspecified atom stereocenters. The molecule has 0 radical (unpaired) electrons. The standard InChI is InChI=1S/C26H28N2O5/c1-17-7-2-4-9-19(17)24(30)27(16-29)15-23-20-10-5-3-8-18(20)13-14-28(23)25(31)21-11-6-12-22(21)26(32)33/h2-5,7-10,16,21-23H,6,11-15H2,1H3,(H,32,33). The fourth-order valence-electron chi connectivity index (χ4n) is 5.20. The van der Waals surface area contributed by atoms with Crippen molar-refractivity contribution in [1.29, 1.82) is 0 Å². The Balaban J connectivity index is 1.66. The minimum absolute atomic E-state index is 0.0177. The second-order valence-corrected chi connectivity index (χ2v) is 8.86. The van der Waals surface area contributed by atoms with Crippen molar-refractivity contribution in [2.24, 2.45) is 11.8 Å². The lowest BCUT2D eigenvalue weighted by Crippen LogP contribution is -2.49. The number of nitrogens with zero attached hydrogens (tertiary/aromatic N) is 2. The quantitative estimate of drug-likeness (QED) is 0.685. The number of imide groups is 1. The van der Waals surface area contributed by atoms with Crippen LogP contribution in [0.4, 0.5) is 0 Å². The van der Waals surface area contributed by atoms with E-state index in [2.05, 4.69) is 0 Å². The Labute approximate surface area is 193 Å². The number of carbonyl (C=O) groups is 4. The van der Waals surface area contributed by atoms with Gasteiger partial charge >= 0.3 is 5.97 Å². The van der Waals surface area contributed by atoms with Crippen LogP contribution in [0.1, 0.15) is 52.4 Å². The van der Waals surface area contributed by atoms with E-state index in [1.165, 1.54) is 0 Å². The molecule has 2 aromatic rings. The summed E-state index contributed by atoms with van der Waals surface area (Å²) in [6.45, 7) is 2.26.